The van der Waals surface area contributed by atoms with Gasteiger partial charge < -0.3 is 9.73 Å². The van der Waals surface area contributed by atoms with E-state index < -0.39 is 0 Å². The molecule has 0 aliphatic rings. The molecule has 0 radical (unpaired) electrons. The van der Waals surface area contributed by atoms with Gasteiger partial charge >= 0.3 is 0 Å². The first-order valence-corrected chi connectivity index (χ1v) is 7.61. The van der Waals surface area contributed by atoms with Crippen LogP contribution in [0.1, 0.15) is 11.1 Å². The van der Waals surface area contributed by atoms with Gasteiger partial charge in [0.2, 0.25) is 0 Å². The lowest BCUT2D eigenvalue weighted by molar-refractivity contribution is 0.580. The molecule has 4 aromatic rings. The van der Waals surface area contributed by atoms with E-state index in [1.54, 1.807) is 6.26 Å². The highest BCUT2D eigenvalue weighted by atomic mass is 16.3. The Morgan fingerprint density at radius 3 is 2.70 bits per heavy atom. The van der Waals surface area contributed by atoms with Gasteiger partial charge in [-0.15, -0.1) is 0 Å². The van der Waals surface area contributed by atoms with Crippen molar-refractivity contribution >= 4 is 11.5 Å². The SMILES string of the molecule is Cc1ccc2nc(-c3ccco3)c(NCc3ccccc3)n2c1. The molecule has 0 spiro atoms. The minimum absolute atomic E-state index is 0.732. The van der Waals surface area contributed by atoms with Gasteiger partial charge in [0, 0.05) is 12.7 Å². The molecule has 23 heavy (non-hydrogen) atoms. The van der Waals surface area contributed by atoms with E-state index in [-0.39, 0.29) is 0 Å². The maximum Gasteiger partial charge on any atom is 0.156 e. The number of anilines is 1. The summed E-state index contributed by atoms with van der Waals surface area (Å²) >= 11 is 0. The maximum atomic E-state index is 5.56. The lowest BCUT2D eigenvalue weighted by Gasteiger charge is -2.08. The minimum Gasteiger partial charge on any atom is -0.463 e. The number of nitrogens with one attached hydrogen (secondary N) is 1. The highest BCUT2D eigenvalue weighted by Gasteiger charge is 2.16. The summed E-state index contributed by atoms with van der Waals surface area (Å²) in [7, 11) is 0. The van der Waals surface area contributed by atoms with Crippen molar-refractivity contribution in [1.82, 2.24) is 9.38 Å². The van der Waals surface area contributed by atoms with E-state index in [0.29, 0.717) is 0 Å². The van der Waals surface area contributed by atoms with Crippen LogP contribution in [-0.2, 0) is 6.54 Å². The van der Waals surface area contributed by atoms with Crippen LogP contribution in [0.5, 0.6) is 0 Å². The van der Waals surface area contributed by atoms with Crippen LogP contribution in [0.4, 0.5) is 5.82 Å². The Bertz CT molecular complexity index is 924. The molecule has 0 fully saturated rings. The number of aryl methyl sites for hydroxylation is 1. The van der Waals surface area contributed by atoms with Gasteiger partial charge in [0.1, 0.15) is 17.2 Å². The molecule has 0 bridgehead atoms. The summed E-state index contributed by atoms with van der Waals surface area (Å²) in [5.74, 6) is 1.71. The van der Waals surface area contributed by atoms with Crippen LogP contribution in [0, 0.1) is 6.92 Å². The van der Waals surface area contributed by atoms with Crippen LogP contribution in [0.2, 0.25) is 0 Å². The van der Waals surface area contributed by atoms with Gasteiger partial charge in [-0.25, -0.2) is 4.98 Å². The van der Waals surface area contributed by atoms with Gasteiger partial charge in [-0.2, -0.15) is 0 Å². The third kappa shape index (κ3) is 2.59. The van der Waals surface area contributed by atoms with Gasteiger partial charge in [-0.05, 0) is 36.2 Å². The zero-order valence-electron chi connectivity index (χ0n) is 12.9. The second-order valence-electron chi connectivity index (χ2n) is 5.56. The minimum atomic E-state index is 0.732. The number of nitrogens with zero attached hydrogens (tertiary/aromatic N) is 2. The largest absolute Gasteiger partial charge is 0.463 e. The summed E-state index contributed by atoms with van der Waals surface area (Å²) in [6.45, 7) is 2.81. The van der Waals surface area contributed by atoms with E-state index >= 15 is 0 Å². The van der Waals surface area contributed by atoms with Crippen molar-refractivity contribution in [2.24, 2.45) is 0 Å². The zero-order valence-corrected chi connectivity index (χ0v) is 12.9. The number of rotatable bonds is 4. The molecule has 0 atom stereocenters. The molecule has 3 aromatic heterocycles. The average molecular weight is 303 g/mol. The first-order valence-electron chi connectivity index (χ1n) is 7.61. The van der Waals surface area contributed by atoms with Crippen LogP contribution in [0.15, 0.2) is 71.5 Å². The van der Waals surface area contributed by atoms with Crippen molar-refractivity contribution in [2.45, 2.75) is 13.5 Å². The second kappa shape index (κ2) is 5.65. The molecule has 1 N–H and O–H groups in total. The van der Waals surface area contributed by atoms with E-state index in [1.807, 2.05) is 36.4 Å². The third-order valence-electron chi connectivity index (χ3n) is 3.82. The molecule has 114 valence electrons. The molecule has 4 heteroatoms. The molecule has 4 rings (SSSR count). The smallest absolute Gasteiger partial charge is 0.156 e. The number of pyridine rings is 1. The molecular formula is C19H17N3O. The monoisotopic (exact) mass is 303 g/mol. The van der Waals surface area contributed by atoms with E-state index in [2.05, 4.69) is 41.0 Å². The summed E-state index contributed by atoms with van der Waals surface area (Å²) in [6.07, 6.45) is 3.76. The van der Waals surface area contributed by atoms with Crippen LogP contribution < -0.4 is 5.32 Å². The lowest BCUT2D eigenvalue weighted by atomic mass is 10.2. The van der Waals surface area contributed by atoms with Crippen molar-refractivity contribution in [3.05, 3.63) is 78.2 Å². The van der Waals surface area contributed by atoms with Gasteiger partial charge in [0.05, 0.1) is 6.26 Å². The Hall–Kier alpha value is -3.01. The van der Waals surface area contributed by atoms with Crippen molar-refractivity contribution in [2.75, 3.05) is 5.32 Å². The van der Waals surface area contributed by atoms with Crippen molar-refractivity contribution in [3.63, 3.8) is 0 Å². The van der Waals surface area contributed by atoms with E-state index in [4.69, 9.17) is 9.40 Å². The Morgan fingerprint density at radius 1 is 1.04 bits per heavy atom. The number of aromatic nitrogens is 2. The van der Waals surface area contributed by atoms with E-state index in [0.717, 1.165) is 29.5 Å². The van der Waals surface area contributed by atoms with E-state index in [9.17, 15) is 0 Å². The predicted molar refractivity (Wildman–Crippen MR) is 91.4 cm³/mol. The number of hydrogen-bond acceptors (Lipinski definition) is 3. The predicted octanol–water partition coefficient (Wildman–Crippen LogP) is 4.51. The zero-order chi connectivity index (χ0) is 15.6. The molecule has 0 aliphatic carbocycles. The normalized spacial score (nSPS) is 11.0. The highest BCUT2D eigenvalue weighted by molar-refractivity contribution is 5.73. The van der Waals surface area contributed by atoms with Crippen LogP contribution in [0.25, 0.3) is 17.1 Å². The lowest BCUT2D eigenvalue weighted by Crippen LogP contribution is -2.03. The molecule has 1 aromatic carbocycles. The van der Waals surface area contributed by atoms with Crippen molar-refractivity contribution in [3.8, 4) is 11.5 Å². The summed E-state index contributed by atoms with van der Waals surface area (Å²) in [5.41, 5.74) is 4.14. The van der Waals surface area contributed by atoms with Gasteiger partial charge in [0.15, 0.2) is 5.76 Å². The Kier molecular flexibility index (Phi) is 3.35. The number of imidazole rings is 1. The first kappa shape index (κ1) is 13.6. The summed E-state index contributed by atoms with van der Waals surface area (Å²) in [5, 5.41) is 3.51. The number of fused-ring (bicyclic) bond motifs is 1. The second-order valence-corrected chi connectivity index (χ2v) is 5.56. The molecule has 0 unspecified atom stereocenters. The number of benzene rings is 1. The van der Waals surface area contributed by atoms with Crippen LogP contribution in [0.3, 0.4) is 0 Å². The molecule has 0 saturated heterocycles. The van der Waals surface area contributed by atoms with Gasteiger partial charge in [-0.3, -0.25) is 4.40 Å². The fourth-order valence-electron chi connectivity index (χ4n) is 2.69. The van der Waals surface area contributed by atoms with Gasteiger partial charge in [-0.1, -0.05) is 36.4 Å². The summed E-state index contributed by atoms with van der Waals surface area (Å²) in [4.78, 5) is 4.72. The molecule has 0 saturated carbocycles. The quantitative estimate of drug-likeness (QED) is 0.603. The van der Waals surface area contributed by atoms with E-state index in [1.165, 1.54) is 11.1 Å². The summed E-state index contributed by atoms with van der Waals surface area (Å²) in [6, 6.07) is 18.2. The Balaban J connectivity index is 1.79. The van der Waals surface area contributed by atoms with Gasteiger partial charge in [0.25, 0.3) is 0 Å². The van der Waals surface area contributed by atoms with Crippen LogP contribution in [-0.4, -0.2) is 9.38 Å². The Morgan fingerprint density at radius 2 is 1.91 bits per heavy atom. The average Bonchev–Trinajstić information content (AvgIpc) is 3.21. The molecular weight excluding hydrogens is 286 g/mol. The van der Waals surface area contributed by atoms with Crippen molar-refractivity contribution in [1.29, 1.82) is 0 Å². The van der Waals surface area contributed by atoms with Crippen LogP contribution >= 0.6 is 0 Å². The molecule has 0 amide bonds. The fraction of sp³-hybridized carbons (Fsp3) is 0.105. The molecule has 0 aliphatic heterocycles. The third-order valence-corrected chi connectivity index (χ3v) is 3.82. The Labute approximate surface area is 134 Å². The molecule has 4 nitrogen and oxygen atoms in total. The number of furan rings is 1. The topological polar surface area (TPSA) is 42.5 Å². The summed E-state index contributed by atoms with van der Waals surface area (Å²) < 4.78 is 7.64. The standard InChI is InChI=1S/C19H17N3O/c1-14-9-10-17-21-18(16-8-5-11-23-16)19(22(17)13-14)20-12-15-6-3-2-4-7-15/h2-11,13,20H,12H2,1H3. The fourth-order valence-corrected chi connectivity index (χ4v) is 2.69. The maximum absolute atomic E-state index is 5.56. The number of hydrogen-bond donors (Lipinski definition) is 1. The molecule has 3 heterocycles. The highest BCUT2D eigenvalue weighted by Crippen LogP contribution is 2.29. The first-order chi connectivity index (χ1) is 11.3. The van der Waals surface area contributed by atoms with Crippen molar-refractivity contribution < 1.29 is 4.42 Å².